The van der Waals surface area contributed by atoms with Crippen LogP contribution in [0.2, 0.25) is 0 Å². The maximum Gasteiger partial charge on any atom is 0.419 e. The Morgan fingerprint density at radius 1 is 1.48 bits per heavy atom. The number of carbonyl (C=O) groups is 2. The predicted molar refractivity (Wildman–Crippen MR) is 75.9 cm³/mol. The Labute approximate surface area is 125 Å². The Balaban J connectivity index is 1.61. The Morgan fingerprint density at radius 2 is 2.29 bits per heavy atom. The van der Waals surface area contributed by atoms with E-state index in [9.17, 15) is 9.59 Å². The minimum absolute atomic E-state index is 0.107. The van der Waals surface area contributed by atoms with Gasteiger partial charge in [-0.3, -0.25) is 4.90 Å². The predicted octanol–water partition coefficient (Wildman–Crippen LogP) is 2.23. The Bertz CT molecular complexity index is 439. The van der Waals surface area contributed by atoms with Crippen LogP contribution in [0.4, 0.5) is 9.59 Å². The molecule has 0 unspecified atom stereocenters. The molecule has 6 heteroatoms. The van der Waals surface area contributed by atoms with Crippen LogP contribution in [0.25, 0.3) is 0 Å². The number of rotatable bonds is 3. The molecule has 0 spiro atoms. The number of ether oxygens (including phenoxy) is 2. The normalized spacial score (nSPS) is 32.6. The second-order valence-corrected chi connectivity index (χ2v) is 6.85. The van der Waals surface area contributed by atoms with Gasteiger partial charge in [0, 0.05) is 18.5 Å². The maximum atomic E-state index is 12.0. The van der Waals surface area contributed by atoms with Crippen molar-refractivity contribution in [1.82, 2.24) is 9.80 Å². The third kappa shape index (κ3) is 2.73. The van der Waals surface area contributed by atoms with Crippen molar-refractivity contribution in [2.75, 3.05) is 26.2 Å². The molecule has 0 aliphatic carbocycles. The molecule has 0 saturated carbocycles. The highest BCUT2D eigenvalue weighted by atomic mass is 16.6. The lowest BCUT2D eigenvalue weighted by molar-refractivity contribution is 0.0742. The maximum absolute atomic E-state index is 12.0. The zero-order valence-electron chi connectivity index (χ0n) is 12.8. The van der Waals surface area contributed by atoms with Crippen molar-refractivity contribution >= 4 is 12.2 Å². The van der Waals surface area contributed by atoms with Crippen molar-refractivity contribution < 1.29 is 19.1 Å². The summed E-state index contributed by atoms with van der Waals surface area (Å²) in [6, 6.07) is 0. The summed E-state index contributed by atoms with van der Waals surface area (Å²) in [5, 5.41) is 0. The van der Waals surface area contributed by atoms with Crippen molar-refractivity contribution in [2.45, 2.75) is 51.2 Å². The summed E-state index contributed by atoms with van der Waals surface area (Å²) in [5.74, 6) is 0.633. The average molecular weight is 296 g/mol. The molecule has 6 nitrogen and oxygen atoms in total. The number of imide groups is 1. The lowest BCUT2D eigenvalue weighted by Gasteiger charge is -2.33. The van der Waals surface area contributed by atoms with Gasteiger partial charge in [0.05, 0.1) is 6.54 Å². The molecule has 3 heterocycles. The van der Waals surface area contributed by atoms with Crippen LogP contribution >= 0.6 is 0 Å². The Hall–Kier alpha value is -1.30. The minimum Gasteiger partial charge on any atom is -0.447 e. The summed E-state index contributed by atoms with van der Waals surface area (Å²) in [7, 11) is 0. The van der Waals surface area contributed by atoms with Crippen LogP contribution in [0, 0.1) is 5.92 Å². The zero-order valence-corrected chi connectivity index (χ0v) is 12.8. The molecule has 21 heavy (non-hydrogen) atoms. The highest BCUT2D eigenvalue weighted by molar-refractivity contribution is 5.89. The van der Waals surface area contributed by atoms with Gasteiger partial charge >= 0.3 is 12.2 Å². The van der Waals surface area contributed by atoms with Crippen molar-refractivity contribution in [2.24, 2.45) is 5.92 Å². The van der Waals surface area contributed by atoms with Crippen LogP contribution in [-0.2, 0) is 9.47 Å². The number of hydrogen-bond acceptors (Lipinski definition) is 5. The van der Waals surface area contributed by atoms with Gasteiger partial charge in [-0.2, -0.15) is 0 Å². The first-order chi connectivity index (χ1) is 10.00. The standard InChI is InChI=1S/C15H24N2O4/c1-11(2)8-15-4-3-5-16(15)10-12(9-15)21-14(19)17-6-7-20-13(17)18/h11-12H,3-10H2,1-2H3/t12-,15+/m0/s1. The molecule has 0 N–H and O–H groups in total. The molecule has 3 saturated heterocycles. The van der Waals surface area contributed by atoms with Crippen LogP contribution in [-0.4, -0.2) is 59.9 Å². The molecule has 3 fully saturated rings. The first kappa shape index (κ1) is 14.6. The average Bonchev–Trinajstić information content (AvgIpc) is 3.02. The molecule has 3 rings (SSSR count). The van der Waals surface area contributed by atoms with E-state index < -0.39 is 12.2 Å². The summed E-state index contributed by atoms with van der Waals surface area (Å²) in [4.78, 5) is 27.0. The number of cyclic esters (lactones) is 1. The van der Waals surface area contributed by atoms with Crippen molar-refractivity contribution in [3.63, 3.8) is 0 Å². The van der Waals surface area contributed by atoms with E-state index in [0.717, 1.165) is 30.8 Å². The lowest BCUT2D eigenvalue weighted by Crippen LogP contribution is -2.39. The minimum atomic E-state index is -0.588. The van der Waals surface area contributed by atoms with Crippen LogP contribution < -0.4 is 0 Å². The number of fused-ring (bicyclic) bond motifs is 1. The number of nitrogens with zero attached hydrogens (tertiary/aromatic N) is 2. The first-order valence-corrected chi connectivity index (χ1v) is 7.90. The Kier molecular flexibility index (Phi) is 3.82. The Morgan fingerprint density at radius 3 is 2.95 bits per heavy atom. The van der Waals surface area contributed by atoms with Crippen molar-refractivity contribution in [1.29, 1.82) is 0 Å². The summed E-state index contributed by atoms with van der Waals surface area (Å²) in [6.45, 7) is 6.93. The molecule has 3 aliphatic rings. The van der Waals surface area contributed by atoms with Crippen molar-refractivity contribution in [3.8, 4) is 0 Å². The molecular formula is C15H24N2O4. The second-order valence-electron chi connectivity index (χ2n) is 6.85. The van der Waals surface area contributed by atoms with Crippen LogP contribution in [0.3, 0.4) is 0 Å². The molecule has 0 aromatic carbocycles. The topological polar surface area (TPSA) is 59.1 Å². The number of carbonyl (C=O) groups excluding carboxylic acids is 2. The van der Waals surface area contributed by atoms with Gasteiger partial charge < -0.3 is 9.47 Å². The van der Waals surface area contributed by atoms with Gasteiger partial charge in [0.15, 0.2) is 0 Å². The van der Waals surface area contributed by atoms with Gasteiger partial charge in [-0.25, -0.2) is 14.5 Å². The largest absolute Gasteiger partial charge is 0.447 e. The second kappa shape index (κ2) is 5.48. The molecule has 2 amide bonds. The van der Waals surface area contributed by atoms with E-state index in [1.54, 1.807) is 0 Å². The van der Waals surface area contributed by atoms with E-state index in [0.29, 0.717) is 12.5 Å². The van der Waals surface area contributed by atoms with Crippen LogP contribution in [0.1, 0.15) is 39.5 Å². The SMILES string of the molecule is CC(C)C[C@@]12CCCN1C[C@@H](OC(=O)N1CCOC1=O)C2. The van der Waals surface area contributed by atoms with E-state index in [4.69, 9.17) is 9.47 Å². The molecule has 0 aromatic heterocycles. The van der Waals surface area contributed by atoms with E-state index in [2.05, 4.69) is 18.7 Å². The molecule has 3 aliphatic heterocycles. The summed E-state index contributed by atoms with van der Waals surface area (Å²) >= 11 is 0. The van der Waals surface area contributed by atoms with Gasteiger partial charge in [-0.05, 0) is 31.7 Å². The van der Waals surface area contributed by atoms with E-state index in [-0.39, 0.29) is 18.2 Å². The van der Waals surface area contributed by atoms with Crippen LogP contribution in [0.15, 0.2) is 0 Å². The van der Waals surface area contributed by atoms with Crippen LogP contribution in [0.5, 0.6) is 0 Å². The molecule has 0 radical (unpaired) electrons. The van der Waals surface area contributed by atoms with E-state index in [1.165, 1.54) is 12.8 Å². The molecular weight excluding hydrogens is 272 g/mol. The van der Waals surface area contributed by atoms with Gasteiger partial charge in [-0.1, -0.05) is 13.8 Å². The third-order valence-electron chi connectivity index (χ3n) is 4.81. The van der Waals surface area contributed by atoms with E-state index in [1.807, 2.05) is 0 Å². The molecule has 118 valence electrons. The van der Waals surface area contributed by atoms with Gasteiger partial charge in [0.25, 0.3) is 0 Å². The fourth-order valence-electron chi connectivity index (χ4n) is 4.16. The third-order valence-corrected chi connectivity index (χ3v) is 4.81. The molecule has 0 bridgehead atoms. The summed E-state index contributed by atoms with van der Waals surface area (Å²) < 4.78 is 10.3. The quantitative estimate of drug-likeness (QED) is 0.799. The molecule has 0 aromatic rings. The lowest BCUT2D eigenvalue weighted by atomic mass is 9.85. The fourth-order valence-corrected chi connectivity index (χ4v) is 4.16. The van der Waals surface area contributed by atoms with E-state index >= 15 is 0 Å². The zero-order chi connectivity index (χ0) is 15.0. The highest BCUT2D eigenvalue weighted by Gasteiger charge is 2.50. The number of amides is 2. The van der Waals surface area contributed by atoms with Gasteiger partial charge in [0.2, 0.25) is 0 Å². The highest BCUT2D eigenvalue weighted by Crippen LogP contribution is 2.44. The summed E-state index contributed by atoms with van der Waals surface area (Å²) in [6.07, 6.45) is 3.20. The monoisotopic (exact) mass is 296 g/mol. The smallest absolute Gasteiger partial charge is 0.419 e. The summed E-state index contributed by atoms with van der Waals surface area (Å²) in [5.41, 5.74) is 0.199. The van der Waals surface area contributed by atoms with Gasteiger partial charge in [0.1, 0.15) is 12.7 Å². The van der Waals surface area contributed by atoms with Gasteiger partial charge in [-0.15, -0.1) is 0 Å². The number of hydrogen-bond donors (Lipinski definition) is 0. The fraction of sp³-hybridized carbons (Fsp3) is 0.867. The molecule has 2 atom stereocenters. The first-order valence-electron chi connectivity index (χ1n) is 7.90. The van der Waals surface area contributed by atoms with Crippen molar-refractivity contribution in [3.05, 3.63) is 0 Å².